The van der Waals surface area contributed by atoms with E-state index in [9.17, 15) is 4.79 Å². The van der Waals surface area contributed by atoms with Crippen molar-refractivity contribution in [1.29, 1.82) is 0 Å². The van der Waals surface area contributed by atoms with Crippen LogP contribution >= 0.6 is 0 Å². The summed E-state index contributed by atoms with van der Waals surface area (Å²) in [5.41, 5.74) is 1.28. The average molecular weight is 342 g/mol. The highest BCUT2D eigenvalue weighted by Gasteiger charge is 2.18. The second-order valence-electron chi connectivity index (χ2n) is 5.84. The second-order valence-corrected chi connectivity index (χ2v) is 5.84. The first-order chi connectivity index (χ1) is 12.2. The highest BCUT2D eigenvalue weighted by Crippen LogP contribution is 2.30. The summed E-state index contributed by atoms with van der Waals surface area (Å²) in [6.45, 7) is 1.62. The summed E-state index contributed by atoms with van der Waals surface area (Å²) < 4.78 is 10.5. The van der Waals surface area contributed by atoms with Gasteiger partial charge in [0.2, 0.25) is 5.95 Å². The molecule has 7 heteroatoms. The van der Waals surface area contributed by atoms with Crippen LogP contribution in [0.5, 0.6) is 11.5 Å². The fourth-order valence-electron chi connectivity index (χ4n) is 2.83. The molecule has 0 unspecified atom stereocenters. The summed E-state index contributed by atoms with van der Waals surface area (Å²) >= 11 is 0. The third-order valence-corrected chi connectivity index (χ3v) is 4.18. The summed E-state index contributed by atoms with van der Waals surface area (Å²) in [6.07, 6.45) is 6.44. The molecule has 1 saturated heterocycles. The average Bonchev–Trinajstić information content (AvgIpc) is 2.68. The zero-order chi connectivity index (χ0) is 17.6. The van der Waals surface area contributed by atoms with Crippen molar-refractivity contribution >= 4 is 17.5 Å². The Morgan fingerprint density at radius 2 is 1.72 bits per heavy atom. The Morgan fingerprint density at radius 1 is 1.04 bits per heavy atom. The molecule has 1 aromatic carbocycles. The molecule has 2 aromatic rings. The molecule has 0 radical (unpaired) electrons. The third kappa shape index (κ3) is 3.99. The summed E-state index contributed by atoms with van der Waals surface area (Å²) in [5.74, 6) is 1.68. The molecule has 1 aliphatic heterocycles. The van der Waals surface area contributed by atoms with E-state index in [-0.39, 0.29) is 5.91 Å². The number of ether oxygens (including phenoxy) is 2. The second kappa shape index (κ2) is 7.83. The molecule has 132 valence electrons. The van der Waals surface area contributed by atoms with Crippen LogP contribution in [0, 0.1) is 0 Å². The molecule has 1 N–H and O–H groups in total. The number of benzene rings is 1. The number of nitrogens with zero attached hydrogens (tertiary/aromatic N) is 3. The lowest BCUT2D eigenvalue weighted by Gasteiger charge is -2.26. The molecule has 0 atom stereocenters. The predicted octanol–water partition coefficient (Wildman–Crippen LogP) is 2.86. The highest BCUT2D eigenvalue weighted by molar-refractivity contribution is 5.93. The van der Waals surface area contributed by atoms with Gasteiger partial charge in [0, 0.05) is 37.2 Å². The number of hydrogen-bond donors (Lipinski definition) is 1. The first kappa shape index (κ1) is 17.0. The molecule has 1 aromatic heterocycles. The van der Waals surface area contributed by atoms with E-state index in [1.165, 1.54) is 6.42 Å². The molecular weight excluding hydrogens is 320 g/mol. The third-order valence-electron chi connectivity index (χ3n) is 4.18. The van der Waals surface area contributed by atoms with Crippen molar-refractivity contribution in [3.05, 3.63) is 36.2 Å². The zero-order valence-corrected chi connectivity index (χ0v) is 14.5. The largest absolute Gasteiger partial charge is 0.493 e. The van der Waals surface area contributed by atoms with Crippen LogP contribution in [0.1, 0.15) is 29.6 Å². The highest BCUT2D eigenvalue weighted by atomic mass is 16.5. The van der Waals surface area contributed by atoms with Crippen LogP contribution < -0.4 is 14.8 Å². The molecule has 1 aliphatic rings. The van der Waals surface area contributed by atoms with Crippen LogP contribution in [0.4, 0.5) is 11.6 Å². The van der Waals surface area contributed by atoms with Gasteiger partial charge in [-0.25, -0.2) is 9.97 Å². The van der Waals surface area contributed by atoms with E-state index in [0.29, 0.717) is 23.0 Å². The molecule has 0 aliphatic carbocycles. The van der Waals surface area contributed by atoms with Gasteiger partial charge < -0.3 is 19.7 Å². The predicted molar refractivity (Wildman–Crippen MR) is 94.6 cm³/mol. The Hall–Kier alpha value is -2.83. The van der Waals surface area contributed by atoms with E-state index in [1.807, 2.05) is 11.0 Å². The van der Waals surface area contributed by atoms with Crippen molar-refractivity contribution in [3.8, 4) is 11.5 Å². The maximum absolute atomic E-state index is 12.4. The van der Waals surface area contributed by atoms with Gasteiger partial charge in [0.25, 0.3) is 5.91 Å². The fraction of sp³-hybridized carbons (Fsp3) is 0.389. The molecule has 0 saturated carbocycles. The van der Waals surface area contributed by atoms with Crippen molar-refractivity contribution < 1.29 is 14.3 Å². The minimum absolute atomic E-state index is 0.00244. The number of rotatable bonds is 5. The van der Waals surface area contributed by atoms with Gasteiger partial charge in [-0.1, -0.05) is 0 Å². The SMILES string of the molecule is COc1ccc(Nc2ncc(C(=O)N3CCCCC3)cn2)cc1OC. The van der Waals surface area contributed by atoms with Gasteiger partial charge >= 0.3 is 0 Å². The topological polar surface area (TPSA) is 76.6 Å². The number of piperidine rings is 1. The number of aromatic nitrogens is 2. The summed E-state index contributed by atoms with van der Waals surface area (Å²) in [7, 11) is 3.17. The van der Waals surface area contributed by atoms with E-state index < -0.39 is 0 Å². The molecule has 3 rings (SSSR count). The van der Waals surface area contributed by atoms with Gasteiger partial charge in [0.15, 0.2) is 11.5 Å². The lowest BCUT2D eigenvalue weighted by atomic mass is 10.1. The van der Waals surface area contributed by atoms with Crippen LogP contribution in [0.25, 0.3) is 0 Å². The zero-order valence-electron chi connectivity index (χ0n) is 14.5. The normalized spacial score (nSPS) is 14.1. The quantitative estimate of drug-likeness (QED) is 0.900. The number of carbonyl (C=O) groups is 1. The van der Waals surface area contributed by atoms with Gasteiger partial charge in [0.05, 0.1) is 19.8 Å². The summed E-state index contributed by atoms with van der Waals surface area (Å²) in [4.78, 5) is 22.8. The lowest BCUT2D eigenvalue weighted by Crippen LogP contribution is -2.35. The van der Waals surface area contributed by atoms with Crippen LogP contribution in [0.2, 0.25) is 0 Å². The minimum Gasteiger partial charge on any atom is -0.493 e. The Morgan fingerprint density at radius 3 is 2.36 bits per heavy atom. The van der Waals surface area contributed by atoms with E-state index in [0.717, 1.165) is 31.6 Å². The molecule has 25 heavy (non-hydrogen) atoms. The van der Waals surface area contributed by atoms with Gasteiger partial charge in [-0.3, -0.25) is 4.79 Å². The number of methoxy groups -OCH3 is 2. The van der Waals surface area contributed by atoms with Crippen molar-refractivity contribution in [1.82, 2.24) is 14.9 Å². The molecule has 2 heterocycles. The molecule has 7 nitrogen and oxygen atoms in total. The van der Waals surface area contributed by atoms with Crippen LogP contribution in [0.3, 0.4) is 0 Å². The Balaban J connectivity index is 1.69. The van der Waals surface area contributed by atoms with E-state index in [1.54, 1.807) is 38.7 Å². The van der Waals surface area contributed by atoms with Crippen molar-refractivity contribution in [2.75, 3.05) is 32.6 Å². The van der Waals surface area contributed by atoms with Gasteiger partial charge in [-0.05, 0) is 31.4 Å². The Kier molecular flexibility index (Phi) is 5.33. The van der Waals surface area contributed by atoms with Crippen molar-refractivity contribution in [2.24, 2.45) is 0 Å². The Labute approximate surface area is 147 Å². The number of amides is 1. The number of likely N-dealkylation sites (tertiary alicyclic amines) is 1. The smallest absolute Gasteiger partial charge is 0.256 e. The standard InChI is InChI=1S/C18H22N4O3/c1-24-15-7-6-14(10-16(15)25-2)21-18-19-11-13(12-20-18)17(23)22-8-4-3-5-9-22/h6-7,10-12H,3-5,8-9H2,1-2H3,(H,19,20,21). The van der Waals surface area contributed by atoms with Gasteiger partial charge in [-0.2, -0.15) is 0 Å². The molecular formula is C18H22N4O3. The minimum atomic E-state index is -0.00244. The van der Waals surface area contributed by atoms with Gasteiger partial charge in [0.1, 0.15) is 0 Å². The number of nitrogens with one attached hydrogen (secondary N) is 1. The molecule has 1 fully saturated rings. The van der Waals surface area contributed by atoms with E-state index in [2.05, 4.69) is 15.3 Å². The summed E-state index contributed by atoms with van der Waals surface area (Å²) in [6, 6.07) is 5.45. The maximum Gasteiger partial charge on any atom is 0.256 e. The molecule has 0 bridgehead atoms. The van der Waals surface area contributed by atoms with Crippen LogP contribution in [-0.4, -0.2) is 48.1 Å². The van der Waals surface area contributed by atoms with Crippen LogP contribution in [-0.2, 0) is 0 Å². The van der Waals surface area contributed by atoms with Crippen molar-refractivity contribution in [2.45, 2.75) is 19.3 Å². The lowest BCUT2D eigenvalue weighted by molar-refractivity contribution is 0.0723. The maximum atomic E-state index is 12.4. The molecule has 0 spiro atoms. The molecule has 1 amide bonds. The van der Waals surface area contributed by atoms with E-state index in [4.69, 9.17) is 9.47 Å². The number of hydrogen-bond acceptors (Lipinski definition) is 6. The Bertz CT molecular complexity index is 728. The first-order valence-electron chi connectivity index (χ1n) is 8.31. The monoisotopic (exact) mass is 342 g/mol. The van der Waals surface area contributed by atoms with Crippen LogP contribution in [0.15, 0.2) is 30.6 Å². The number of carbonyl (C=O) groups excluding carboxylic acids is 1. The fourth-order valence-corrected chi connectivity index (χ4v) is 2.83. The van der Waals surface area contributed by atoms with E-state index >= 15 is 0 Å². The van der Waals surface area contributed by atoms with Gasteiger partial charge in [-0.15, -0.1) is 0 Å². The number of anilines is 2. The van der Waals surface area contributed by atoms with Crippen molar-refractivity contribution in [3.63, 3.8) is 0 Å². The first-order valence-corrected chi connectivity index (χ1v) is 8.31. The summed E-state index contributed by atoms with van der Waals surface area (Å²) in [5, 5.41) is 3.09.